The number of nitrogens with zero attached hydrogens (tertiary/aromatic N) is 6. The van der Waals surface area contributed by atoms with Crippen LogP contribution in [0.25, 0.3) is 44.5 Å². The summed E-state index contributed by atoms with van der Waals surface area (Å²) in [5.74, 6) is 12.3. The van der Waals surface area contributed by atoms with Gasteiger partial charge >= 0.3 is 0 Å². The van der Waals surface area contributed by atoms with Crippen LogP contribution in [0.15, 0.2) is 55.0 Å². The summed E-state index contributed by atoms with van der Waals surface area (Å²) in [4.78, 5) is 35.5. The van der Waals surface area contributed by atoms with Crippen molar-refractivity contribution < 1.29 is 9.59 Å². The maximum Gasteiger partial charge on any atom is 0.254 e. The van der Waals surface area contributed by atoms with Crippen LogP contribution in [0.1, 0.15) is 23.2 Å². The Kier molecular flexibility index (Phi) is 5.16. The van der Waals surface area contributed by atoms with Gasteiger partial charge in [0.2, 0.25) is 5.91 Å². The summed E-state index contributed by atoms with van der Waals surface area (Å²) in [6, 6.07) is 11.1. The summed E-state index contributed by atoms with van der Waals surface area (Å²) in [5, 5.41) is 10.1. The number of fused-ring (bicyclic) bond motifs is 2. The van der Waals surface area contributed by atoms with E-state index in [2.05, 4.69) is 20.2 Å². The van der Waals surface area contributed by atoms with E-state index in [9.17, 15) is 9.59 Å². The summed E-state index contributed by atoms with van der Waals surface area (Å²) in [5.41, 5.74) is 5.17. The van der Waals surface area contributed by atoms with Crippen molar-refractivity contribution >= 4 is 39.4 Å². The molecule has 0 unspecified atom stereocenters. The number of pyridine rings is 2. The Hall–Kier alpha value is -4.77. The fourth-order valence-corrected chi connectivity index (χ4v) is 4.50. The second-order valence-electron chi connectivity index (χ2n) is 9.45. The Labute approximate surface area is 211 Å². The molecule has 1 aliphatic carbocycles. The molecular weight excluding hydrogens is 470 g/mol. The standard InChI is InChI=1S/C26H25N9O2/c1-33(2)26(37)18-4-3-5-21-19(18)10-22(35(21)28)23-20-9-16(12-30-24(20)32-31-23)15-8-17(13-29-11-15)34(27)25(36)14-6-7-14/h3-5,8-14H,6-7,27-28H2,1-2H3,(H,30,31,32). The molecule has 11 heteroatoms. The van der Waals surface area contributed by atoms with E-state index in [0.29, 0.717) is 28.3 Å². The maximum absolute atomic E-state index is 12.7. The third-order valence-electron chi connectivity index (χ3n) is 6.68. The monoisotopic (exact) mass is 495 g/mol. The zero-order valence-electron chi connectivity index (χ0n) is 20.3. The van der Waals surface area contributed by atoms with Gasteiger partial charge in [-0.1, -0.05) is 6.07 Å². The van der Waals surface area contributed by atoms with Crippen LogP contribution in [0.2, 0.25) is 0 Å². The van der Waals surface area contributed by atoms with Crippen LogP contribution in [-0.4, -0.2) is 55.7 Å². The summed E-state index contributed by atoms with van der Waals surface area (Å²) in [6.45, 7) is 0. The number of H-pyrrole nitrogens is 1. The minimum Gasteiger partial charge on any atom is -0.345 e. The van der Waals surface area contributed by atoms with Gasteiger partial charge in [0.05, 0.1) is 28.8 Å². The molecule has 0 spiro atoms. The highest BCUT2D eigenvalue weighted by atomic mass is 16.2. The molecular formula is C26H25N9O2. The van der Waals surface area contributed by atoms with E-state index < -0.39 is 0 Å². The number of hydrazine groups is 1. The third-order valence-corrected chi connectivity index (χ3v) is 6.68. The van der Waals surface area contributed by atoms with E-state index in [0.717, 1.165) is 40.3 Å². The molecule has 1 aliphatic rings. The van der Waals surface area contributed by atoms with Gasteiger partial charge in [0.25, 0.3) is 5.91 Å². The lowest BCUT2D eigenvalue weighted by atomic mass is 10.1. The second-order valence-corrected chi connectivity index (χ2v) is 9.45. The van der Waals surface area contributed by atoms with Gasteiger partial charge in [0.1, 0.15) is 0 Å². The van der Waals surface area contributed by atoms with Crippen LogP contribution >= 0.6 is 0 Å². The minimum absolute atomic E-state index is 0.00304. The Balaban J connectivity index is 1.43. The number of anilines is 1. The van der Waals surface area contributed by atoms with Crippen molar-refractivity contribution in [3.63, 3.8) is 0 Å². The van der Waals surface area contributed by atoms with Crippen molar-refractivity contribution in [1.82, 2.24) is 29.7 Å². The number of nitrogens with two attached hydrogens (primary N) is 2. The minimum atomic E-state index is -0.109. The first kappa shape index (κ1) is 22.7. The van der Waals surface area contributed by atoms with Crippen LogP contribution in [0, 0.1) is 5.92 Å². The number of amides is 2. The molecule has 0 radical (unpaired) electrons. The van der Waals surface area contributed by atoms with E-state index in [1.165, 1.54) is 9.91 Å². The van der Waals surface area contributed by atoms with Crippen molar-refractivity contribution in [2.45, 2.75) is 12.8 Å². The summed E-state index contributed by atoms with van der Waals surface area (Å²) in [7, 11) is 3.43. The Morgan fingerprint density at radius 1 is 1.05 bits per heavy atom. The fourth-order valence-electron chi connectivity index (χ4n) is 4.50. The first-order chi connectivity index (χ1) is 17.8. The molecule has 11 nitrogen and oxygen atoms in total. The quantitative estimate of drug-likeness (QED) is 0.193. The largest absolute Gasteiger partial charge is 0.345 e. The molecule has 5 N–H and O–H groups in total. The lowest BCUT2D eigenvalue weighted by Crippen LogP contribution is -2.38. The molecule has 1 saturated carbocycles. The molecule has 0 atom stereocenters. The molecule has 37 heavy (non-hydrogen) atoms. The number of nitrogen functional groups attached to an aromatic ring is 1. The first-order valence-electron chi connectivity index (χ1n) is 11.8. The van der Waals surface area contributed by atoms with Crippen LogP contribution in [0.4, 0.5) is 5.69 Å². The maximum atomic E-state index is 12.7. The highest BCUT2D eigenvalue weighted by Crippen LogP contribution is 2.35. The zero-order valence-corrected chi connectivity index (χ0v) is 20.3. The van der Waals surface area contributed by atoms with Gasteiger partial charge in [-0.05, 0) is 43.2 Å². The van der Waals surface area contributed by atoms with Crippen molar-refractivity contribution in [3.8, 4) is 22.5 Å². The van der Waals surface area contributed by atoms with Crippen LogP contribution in [0.5, 0.6) is 0 Å². The number of hydrogen-bond donors (Lipinski definition) is 3. The highest BCUT2D eigenvalue weighted by molar-refractivity contribution is 6.08. The smallest absolute Gasteiger partial charge is 0.254 e. The number of carbonyl (C=O) groups excluding carboxylic acids is 2. The number of carbonyl (C=O) groups is 2. The van der Waals surface area contributed by atoms with Gasteiger partial charge in [-0.25, -0.2) is 15.8 Å². The number of benzene rings is 1. The van der Waals surface area contributed by atoms with Crippen molar-refractivity contribution in [2.75, 3.05) is 24.9 Å². The predicted octanol–water partition coefficient (Wildman–Crippen LogP) is 2.67. The van der Waals surface area contributed by atoms with Crippen molar-refractivity contribution in [3.05, 3.63) is 60.6 Å². The molecule has 5 aromatic rings. The first-order valence-corrected chi connectivity index (χ1v) is 11.8. The zero-order chi connectivity index (χ0) is 25.8. The van der Waals surface area contributed by atoms with Crippen molar-refractivity contribution in [2.24, 2.45) is 11.8 Å². The van der Waals surface area contributed by atoms with E-state index in [4.69, 9.17) is 11.7 Å². The van der Waals surface area contributed by atoms with Crippen LogP contribution in [0.3, 0.4) is 0 Å². The average Bonchev–Trinajstić information content (AvgIpc) is 3.61. The Morgan fingerprint density at radius 3 is 2.59 bits per heavy atom. The summed E-state index contributed by atoms with van der Waals surface area (Å²) in [6.07, 6.45) is 6.70. The Morgan fingerprint density at radius 2 is 1.84 bits per heavy atom. The number of aromatic nitrogens is 5. The summed E-state index contributed by atoms with van der Waals surface area (Å²) >= 11 is 0. The number of hydrogen-bond acceptors (Lipinski definition) is 7. The molecule has 4 aromatic heterocycles. The number of aromatic amines is 1. The van der Waals surface area contributed by atoms with Crippen LogP contribution in [-0.2, 0) is 4.79 Å². The number of nitrogens with one attached hydrogen (secondary N) is 1. The highest BCUT2D eigenvalue weighted by Gasteiger charge is 2.33. The average molecular weight is 496 g/mol. The topological polar surface area (TPSA) is 152 Å². The molecule has 1 fully saturated rings. The normalized spacial score (nSPS) is 13.3. The molecule has 6 rings (SSSR count). The van der Waals surface area contributed by atoms with Gasteiger partial charge in [0.15, 0.2) is 5.65 Å². The van der Waals surface area contributed by atoms with Gasteiger partial charge < -0.3 is 10.7 Å². The molecule has 0 saturated heterocycles. The van der Waals surface area contributed by atoms with Crippen molar-refractivity contribution in [1.29, 1.82) is 0 Å². The SMILES string of the molecule is CN(C)C(=O)c1cccc2c1cc(-c1[nH]nc3ncc(-c4cncc(N(N)C(=O)C5CC5)c4)cc13)n2N. The lowest BCUT2D eigenvalue weighted by molar-refractivity contribution is -0.119. The third kappa shape index (κ3) is 3.76. The molecule has 0 aliphatic heterocycles. The molecule has 4 heterocycles. The van der Waals surface area contributed by atoms with E-state index >= 15 is 0 Å². The van der Waals surface area contributed by atoms with Gasteiger partial charge in [0, 0.05) is 59.9 Å². The molecule has 0 bridgehead atoms. The van der Waals surface area contributed by atoms with E-state index in [1.807, 2.05) is 30.3 Å². The predicted molar refractivity (Wildman–Crippen MR) is 141 cm³/mol. The van der Waals surface area contributed by atoms with E-state index in [1.54, 1.807) is 43.4 Å². The summed E-state index contributed by atoms with van der Waals surface area (Å²) < 4.78 is 1.54. The van der Waals surface area contributed by atoms with Gasteiger partial charge in [-0.2, -0.15) is 5.10 Å². The Bertz CT molecular complexity index is 1700. The second kappa shape index (κ2) is 8.42. The lowest BCUT2D eigenvalue weighted by Gasteiger charge is -2.16. The molecule has 186 valence electrons. The molecule has 2 amide bonds. The molecule has 1 aromatic carbocycles. The van der Waals surface area contributed by atoms with E-state index in [-0.39, 0.29) is 17.7 Å². The van der Waals surface area contributed by atoms with Gasteiger partial charge in [-0.3, -0.25) is 24.3 Å². The number of rotatable bonds is 5. The fraction of sp³-hybridized carbons (Fsp3) is 0.192. The van der Waals surface area contributed by atoms with Gasteiger partial charge in [-0.15, -0.1) is 0 Å². The van der Waals surface area contributed by atoms with Crippen LogP contribution < -0.4 is 16.7 Å².